The van der Waals surface area contributed by atoms with Crippen molar-refractivity contribution in [2.24, 2.45) is 0 Å². The molecule has 1 aromatic carbocycles. The Hall–Kier alpha value is -0.590. The van der Waals surface area contributed by atoms with Gasteiger partial charge >= 0.3 is 0 Å². The van der Waals surface area contributed by atoms with Gasteiger partial charge in [-0.3, -0.25) is 0 Å². The normalized spacial score (nSPS) is 10.6. The van der Waals surface area contributed by atoms with E-state index in [1.807, 2.05) is 19.2 Å². The molecule has 100 valence electrons. The van der Waals surface area contributed by atoms with Crippen molar-refractivity contribution in [1.82, 2.24) is 9.97 Å². The van der Waals surface area contributed by atoms with Crippen LogP contribution in [0.3, 0.4) is 0 Å². The van der Waals surface area contributed by atoms with Crippen LogP contribution in [-0.2, 0) is 6.42 Å². The summed E-state index contributed by atoms with van der Waals surface area (Å²) < 4.78 is 1.03. The lowest BCUT2D eigenvalue weighted by Crippen LogP contribution is -2.05. The SMILES string of the molecule is CCc1nc(-c2cccc(Cl)c2Cl)nc(NC)c1I. The van der Waals surface area contributed by atoms with Crippen molar-refractivity contribution in [2.75, 3.05) is 12.4 Å². The van der Waals surface area contributed by atoms with Crippen molar-refractivity contribution in [2.45, 2.75) is 13.3 Å². The molecule has 0 aliphatic rings. The highest BCUT2D eigenvalue weighted by molar-refractivity contribution is 14.1. The molecule has 0 radical (unpaired) electrons. The van der Waals surface area contributed by atoms with Gasteiger partial charge in [0.25, 0.3) is 0 Å². The summed E-state index contributed by atoms with van der Waals surface area (Å²) in [6.07, 6.45) is 0.834. The smallest absolute Gasteiger partial charge is 0.163 e. The van der Waals surface area contributed by atoms with Gasteiger partial charge in [0, 0.05) is 12.6 Å². The lowest BCUT2D eigenvalue weighted by atomic mass is 10.2. The number of halogens is 3. The number of hydrogen-bond acceptors (Lipinski definition) is 3. The number of benzene rings is 1. The first-order chi connectivity index (χ1) is 9.08. The highest BCUT2D eigenvalue weighted by Crippen LogP contribution is 2.33. The van der Waals surface area contributed by atoms with Crippen LogP contribution in [0.25, 0.3) is 11.4 Å². The van der Waals surface area contributed by atoms with E-state index >= 15 is 0 Å². The van der Waals surface area contributed by atoms with Gasteiger partial charge in [0.2, 0.25) is 0 Å². The third kappa shape index (κ3) is 2.95. The molecule has 19 heavy (non-hydrogen) atoms. The van der Waals surface area contributed by atoms with Crippen LogP contribution >= 0.6 is 45.8 Å². The molecule has 0 aliphatic heterocycles. The summed E-state index contributed by atoms with van der Waals surface area (Å²) in [5.41, 5.74) is 1.74. The first-order valence-electron chi connectivity index (χ1n) is 5.77. The van der Waals surface area contributed by atoms with Gasteiger partial charge in [-0.1, -0.05) is 36.2 Å². The predicted molar refractivity (Wildman–Crippen MR) is 89.1 cm³/mol. The van der Waals surface area contributed by atoms with E-state index in [9.17, 15) is 0 Å². The van der Waals surface area contributed by atoms with E-state index in [-0.39, 0.29) is 0 Å². The number of nitrogens with zero attached hydrogens (tertiary/aromatic N) is 2. The van der Waals surface area contributed by atoms with E-state index in [1.165, 1.54) is 0 Å². The minimum atomic E-state index is 0.481. The Labute approximate surface area is 135 Å². The zero-order valence-electron chi connectivity index (χ0n) is 10.5. The standard InChI is InChI=1S/C13H12Cl2IN3/c1-3-9-11(16)13(17-2)19-12(18-9)7-5-4-6-8(14)10(7)15/h4-6H,3H2,1-2H3,(H,17,18,19). The zero-order valence-corrected chi connectivity index (χ0v) is 14.1. The van der Waals surface area contributed by atoms with E-state index < -0.39 is 0 Å². The summed E-state index contributed by atoms with van der Waals surface area (Å²) in [5.74, 6) is 1.40. The molecule has 0 amide bonds. The Morgan fingerprint density at radius 3 is 2.63 bits per heavy atom. The lowest BCUT2D eigenvalue weighted by molar-refractivity contribution is 0.990. The van der Waals surface area contributed by atoms with Gasteiger partial charge in [-0.25, -0.2) is 9.97 Å². The van der Waals surface area contributed by atoms with Crippen molar-refractivity contribution in [1.29, 1.82) is 0 Å². The molecule has 0 unspecified atom stereocenters. The molecule has 0 saturated carbocycles. The second-order valence-electron chi connectivity index (χ2n) is 3.86. The number of rotatable bonds is 3. The van der Waals surface area contributed by atoms with Crippen molar-refractivity contribution in [3.05, 3.63) is 37.5 Å². The Balaban J connectivity index is 2.65. The predicted octanol–water partition coefficient (Wildman–Crippen LogP) is 4.66. The molecule has 1 aromatic heterocycles. The second-order valence-corrected chi connectivity index (χ2v) is 5.73. The van der Waals surface area contributed by atoms with Crippen LogP contribution in [0.4, 0.5) is 5.82 Å². The van der Waals surface area contributed by atoms with E-state index in [0.717, 1.165) is 27.1 Å². The number of nitrogens with one attached hydrogen (secondary N) is 1. The molecule has 0 saturated heterocycles. The van der Waals surface area contributed by atoms with E-state index in [1.54, 1.807) is 6.07 Å². The van der Waals surface area contributed by atoms with Crippen LogP contribution in [0.15, 0.2) is 18.2 Å². The quantitative estimate of drug-likeness (QED) is 0.752. The van der Waals surface area contributed by atoms with Gasteiger partial charge in [-0.05, 0) is 41.1 Å². The molecular weight excluding hydrogens is 396 g/mol. The van der Waals surface area contributed by atoms with Crippen LogP contribution in [0.1, 0.15) is 12.6 Å². The summed E-state index contributed by atoms with van der Waals surface area (Å²) in [5, 5.41) is 4.07. The zero-order chi connectivity index (χ0) is 14.0. The minimum Gasteiger partial charge on any atom is -0.372 e. The van der Waals surface area contributed by atoms with Gasteiger partial charge in [-0.15, -0.1) is 0 Å². The topological polar surface area (TPSA) is 37.8 Å². The second kappa shape index (κ2) is 6.24. The van der Waals surface area contributed by atoms with E-state index in [0.29, 0.717) is 15.9 Å². The van der Waals surface area contributed by atoms with Crippen molar-refractivity contribution in [3.63, 3.8) is 0 Å². The third-order valence-corrected chi connectivity index (χ3v) is 4.64. The molecule has 3 nitrogen and oxygen atoms in total. The Kier molecular flexibility index (Phi) is 4.86. The summed E-state index contributed by atoms with van der Waals surface area (Å²) in [4.78, 5) is 9.07. The van der Waals surface area contributed by atoms with Crippen LogP contribution in [0, 0.1) is 3.57 Å². The largest absolute Gasteiger partial charge is 0.372 e. The summed E-state index contributed by atoms with van der Waals surface area (Å²) in [6, 6.07) is 5.46. The lowest BCUT2D eigenvalue weighted by Gasteiger charge is -2.11. The highest BCUT2D eigenvalue weighted by atomic mass is 127. The molecular formula is C13H12Cl2IN3. The Bertz CT molecular complexity index is 592. The highest BCUT2D eigenvalue weighted by Gasteiger charge is 2.14. The molecule has 6 heteroatoms. The van der Waals surface area contributed by atoms with Gasteiger partial charge in [-0.2, -0.15) is 0 Å². The molecule has 2 rings (SSSR count). The van der Waals surface area contributed by atoms with Gasteiger partial charge in [0.1, 0.15) is 5.82 Å². The molecule has 0 spiro atoms. The molecule has 2 aromatic rings. The molecule has 0 bridgehead atoms. The van der Waals surface area contributed by atoms with E-state index in [2.05, 4.69) is 44.8 Å². The molecule has 0 fully saturated rings. The Morgan fingerprint density at radius 1 is 1.26 bits per heavy atom. The van der Waals surface area contributed by atoms with Crippen molar-refractivity contribution >= 4 is 51.6 Å². The number of aromatic nitrogens is 2. The fraction of sp³-hybridized carbons (Fsp3) is 0.231. The van der Waals surface area contributed by atoms with Gasteiger partial charge in [0.05, 0.1) is 19.3 Å². The Morgan fingerprint density at radius 2 is 2.00 bits per heavy atom. The summed E-state index contributed by atoms with van der Waals surface area (Å²) in [6.45, 7) is 2.06. The average molecular weight is 408 g/mol. The van der Waals surface area contributed by atoms with Gasteiger partial charge in [0.15, 0.2) is 5.82 Å². The number of aryl methyl sites for hydroxylation is 1. The van der Waals surface area contributed by atoms with Gasteiger partial charge < -0.3 is 5.32 Å². The first-order valence-corrected chi connectivity index (χ1v) is 7.60. The first kappa shape index (κ1) is 14.8. The molecule has 0 aliphatic carbocycles. The minimum absolute atomic E-state index is 0.481. The number of anilines is 1. The van der Waals surface area contributed by atoms with Crippen LogP contribution in [-0.4, -0.2) is 17.0 Å². The third-order valence-electron chi connectivity index (χ3n) is 2.68. The van der Waals surface area contributed by atoms with E-state index in [4.69, 9.17) is 23.2 Å². The monoisotopic (exact) mass is 407 g/mol. The number of hydrogen-bond donors (Lipinski definition) is 1. The van der Waals surface area contributed by atoms with Crippen LogP contribution in [0.2, 0.25) is 10.0 Å². The average Bonchev–Trinajstić information content (AvgIpc) is 2.42. The maximum Gasteiger partial charge on any atom is 0.163 e. The fourth-order valence-corrected chi connectivity index (χ4v) is 2.97. The van der Waals surface area contributed by atoms with Crippen molar-refractivity contribution in [3.8, 4) is 11.4 Å². The summed E-state index contributed by atoms with van der Waals surface area (Å²) in [7, 11) is 1.84. The summed E-state index contributed by atoms with van der Waals surface area (Å²) >= 11 is 14.5. The molecule has 1 N–H and O–H groups in total. The van der Waals surface area contributed by atoms with Crippen LogP contribution in [0.5, 0.6) is 0 Å². The maximum atomic E-state index is 6.22. The molecule has 1 heterocycles. The van der Waals surface area contributed by atoms with Crippen molar-refractivity contribution < 1.29 is 0 Å². The maximum absolute atomic E-state index is 6.22. The van der Waals surface area contributed by atoms with Crippen LogP contribution < -0.4 is 5.32 Å². The fourth-order valence-electron chi connectivity index (χ4n) is 1.69. The molecule has 0 atom stereocenters.